The van der Waals surface area contributed by atoms with Crippen LogP contribution in [-0.4, -0.2) is 34.5 Å². The van der Waals surface area contributed by atoms with Crippen LogP contribution < -0.4 is 16.4 Å². The van der Waals surface area contributed by atoms with Crippen LogP contribution in [0.5, 0.6) is 0 Å². The maximum Gasteiger partial charge on any atom is 0.238 e. The summed E-state index contributed by atoms with van der Waals surface area (Å²) >= 11 is 0. The Morgan fingerprint density at radius 2 is 1.90 bits per heavy atom. The van der Waals surface area contributed by atoms with Gasteiger partial charge in [-0.3, -0.25) is 29.5 Å². The number of Topliss-reactive ketones (excluding diaryl/α,β-unsaturated/α-hetero) is 1. The fourth-order valence-electron chi connectivity index (χ4n) is 3.67. The summed E-state index contributed by atoms with van der Waals surface area (Å²) in [5.41, 5.74) is 7.75. The number of imide groups is 1. The maximum absolute atomic E-state index is 12.9. The number of carbonyl (C=O) groups excluding carboxylic acids is 4. The molecule has 1 unspecified atom stereocenters. The Kier molecular flexibility index (Phi) is 6.26. The van der Waals surface area contributed by atoms with Crippen molar-refractivity contribution >= 4 is 34.4 Å². The van der Waals surface area contributed by atoms with E-state index < -0.39 is 47.4 Å². The van der Waals surface area contributed by atoms with Crippen molar-refractivity contribution in [2.45, 2.75) is 39.3 Å². The van der Waals surface area contributed by atoms with Crippen LogP contribution >= 0.6 is 0 Å². The quantitative estimate of drug-likeness (QED) is 0.465. The molecule has 0 radical (unpaired) electrons. The summed E-state index contributed by atoms with van der Waals surface area (Å²) in [5.74, 6) is -4.06. The number of fused-ring (bicyclic) bond motifs is 1. The second-order valence-corrected chi connectivity index (χ2v) is 8.08. The molecule has 4 N–H and O–H groups in total. The Labute approximate surface area is 174 Å². The molecule has 0 spiro atoms. The first kappa shape index (κ1) is 21.6. The number of pyridine rings is 1. The highest BCUT2D eigenvalue weighted by molar-refractivity contribution is 6.16. The zero-order valence-corrected chi connectivity index (χ0v) is 17.2. The van der Waals surface area contributed by atoms with Gasteiger partial charge in [-0.05, 0) is 23.6 Å². The van der Waals surface area contributed by atoms with Gasteiger partial charge in [0.15, 0.2) is 5.78 Å². The monoisotopic (exact) mass is 410 g/mol. The van der Waals surface area contributed by atoms with Crippen LogP contribution in [0.15, 0.2) is 36.5 Å². The molecule has 1 aliphatic rings. The molecule has 1 aliphatic heterocycles. The zero-order valence-electron chi connectivity index (χ0n) is 17.2. The van der Waals surface area contributed by atoms with Crippen molar-refractivity contribution in [1.29, 1.82) is 0 Å². The fraction of sp³-hybridized carbons (Fsp3) is 0.409. The van der Waals surface area contributed by atoms with Gasteiger partial charge in [0.2, 0.25) is 17.7 Å². The third-order valence-corrected chi connectivity index (χ3v) is 5.48. The predicted octanol–water partition coefficient (Wildman–Crippen LogP) is 1.24. The topological polar surface area (TPSA) is 131 Å². The van der Waals surface area contributed by atoms with Crippen molar-refractivity contribution in [3.8, 4) is 0 Å². The molecule has 1 saturated heterocycles. The summed E-state index contributed by atoms with van der Waals surface area (Å²) in [6.45, 7) is 5.08. The van der Waals surface area contributed by atoms with E-state index in [9.17, 15) is 19.2 Å². The summed E-state index contributed by atoms with van der Waals surface area (Å²) in [4.78, 5) is 53.6. The number of carbonyl (C=O) groups is 4. The van der Waals surface area contributed by atoms with Crippen molar-refractivity contribution in [2.24, 2.45) is 23.5 Å². The Morgan fingerprint density at radius 1 is 1.20 bits per heavy atom. The number of nitrogens with two attached hydrogens (primary N) is 1. The zero-order chi connectivity index (χ0) is 22.0. The lowest BCUT2D eigenvalue weighted by Gasteiger charge is -2.25. The average Bonchev–Trinajstić information content (AvgIpc) is 2.96. The fourth-order valence-corrected chi connectivity index (χ4v) is 3.67. The highest BCUT2D eigenvalue weighted by Crippen LogP contribution is 2.24. The highest BCUT2D eigenvalue weighted by atomic mass is 16.2. The van der Waals surface area contributed by atoms with Gasteiger partial charge in [-0.25, -0.2) is 0 Å². The Bertz CT molecular complexity index is 1000. The van der Waals surface area contributed by atoms with E-state index in [-0.39, 0.29) is 12.3 Å². The molecular formula is C22H26N4O4. The van der Waals surface area contributed by atoms with Crippen LogP contribution in [0.3, 0.4) is 0 Å². The average molecular weight is 410 g/mol. The highest BCUT2D eigenvalue weighted by Gasteiger charge is 2.46. The van der Waals surface area contributed by atoms with Gasteiger partial charge in [0.05, 0.1) is 17.5 Å². The Morgan fingerprint density at radius 3 is 2.53 bits per heavy atom. The van der Waals surface area contributed by atoms with Crippen LogP contribution in [0, 0.1) is 17.8 Å². The summed E-state index contributed by atoms with van der Waals surface area (Å²) in [6.07, 6.45) is 1.60. The third-order valence-electron chi connectivity index (χ3n) is 5.48. The van der Waals surface area contributed by atoms with Crippen LogP contribution in [-0.2, 0) is 19.2 Å². The van der Waals surface area contributed by atoms with E-state index in [2.05, 4.69) is 15.6 Å². The van der Waals surface area contributed by atoms with Gasteiger partial charge in [-0.15, -0.1) is 0 Å². The first-order valence-corrected chi connectivity index (χ1v) is 9.97. The molecular weight excluding hydrogens is 384 g/mol. The van der Waals surface area contributed by atoms with E-state index >= 15 is 0 Å². The summed E-state index contributed by atoms with van der Waals surface area (Å²) < 4.78 is 0. The molecule has 158 valence electrons. The normalized spacial score (nSPS) is 20.8. The second kappa shape index (κ2) is 8.71. The van der Waals surface area contributed by atoms with Crippen LogP contribution in [0.25, 0.3) is 10.9 Å². The van der Waals surface area contributed by atoms with Crippen molar-refractivity contribution in [3.05, 3.63) is 42.1 Å². The number of amides is 3. The summed E-state index contributed by atoms with van der Waals surface area (Å²) in [5, 5.41) is 5.80. The van der Waals surface area contributed by atoms with Crippen molar-refractivity contribution in [1.82, 2.24) is 15.6 Å². The van der Waals surface area contributed by atoms with Gasteiger partial charge in [-0.2, -0.15) is 0 Å². The van der Waals surface area contributed by atoms with Crippen molar-refractivity contribution in [2.75, 3.05) is 0 Å². The van der Waals surface area contributed by atoms with Gasteiger partial charge in [0.1, 0.15) is 5.92 Å². The number of nitrogens with one attached hydrogen (secondary N) is 2. The van der Waals surface area contributed by atoms with E-state index in [0.29, 0.717) is 5.56 Å². The van der Waals surface area contributed by atoms with Gasteiger partial charge in [-0.1, -0.05) is 39.0 Å². The first-order chi connectivity index (χ1) is 14.2. The number of hydrogen-bond acceptors (Lipinski definition) is 6. The number of ketones is 1. The van der Waals surface area contributed by atoms with E-state index in [1.807, 2.05) is 30.3 Å². The molecule has 8 heteroatoms. The molecule has 3 rings (SSSR count). The number of para-hydroxylation sites is 1. The molecule has 0 bridgehead atoms. The standard InChI is InChI=1S/C22H26N4O4/c1-11(2)19(20(28)18-12(3)21(29)26-22(18)30)25-17(27)9-15(23)14-8-13-6-4-5-7-16(13)24-10-14/h4-8,10-12,15,18-19H,9,23H2,1-3H3,(H,25,27)(H,26,29,30)/t12-,15?,18+,19-/m0/s1. The van der Waals surface area contributed by atoms with E-state index in [1.165, 1.54) is 6.92 Å². The van der Waals surface area contributed by atoms with Crippen LogP contribution in [0.2, 0.25) is 0 Å². The molecule has 3 amide bonds. The lowest BCUT2D eigenvalue weighted by atomic mass is 9.85. The van der Waals surface area contributed by atoms with Crippen molar-refractivity contribution < 1.29 is 19.2 Å². The Hall–Kier alpha value is -3.13. The molecule has 1 aromatic carbocycles. The molecule has 30 heavy (non-hydrogen) atoms. The lowest BCUT2D eigenvalue weighted by molar-refractivity contribution is -0.137. The van der Waals surface area contributed by atoms with Gasteiger partial charge < -0.3 is 11.1 Å². The minimum Gasteiger partial charge on any atom is -0.346 e. The van der Waals surface area contributed by atoms with Crippen molar-refractivity contribution in [3.63, 3.8) is 0 Å². The number of hydrogen-bond donors (Lipinski definition) is 3. The predicted molar refractivity (Wildman–Crippen MR) is 111 cm³/mol. The van der Waals surface area contributed by atoms with E-state index in [1.54, 1.807) is 20.0 Å². The minimum atomic E-state index is -1.09. The number of benzene rings is 1. The SMILES string of the molecule is CC(C)[C@H](NC(=O)CC(N)c1cnc2ccccc2c1)C(=O)[C@@H]1C(=O)NC(=O)[C@H]1C. The largest absolute Gasteiger partial charge is 0.346 e. The summed E-state index contributed by atoms with van der Waals surface area (Å²) in [7, 11) is 0. The molecule has 4 atom stereocenters. The van der Waals surface area contributed by atoms with Crippen LogP contribution in [0.1, 0.15) is 38.8 Å². The molecule has 2 aromatic rings. The lowest BCUT2D eigenvalue weighted by Crippen LogP contribution is -2.49. The van der Waals surface area contributed by atoms with E-state index in [0.717, 1.165) is 10.9 Å². The third kappa shape index (κ3) is 4.38. The molecule has 2 heterocycles. The van der Waals surface area contributed by atoms with Gasteiger partial charge in [0.25, 0.3) is 0 Å². The van der Waals surface area contributed by atoms with Gasteiger partial charge >= 0.3 is 0 Å². The maximum atomic E-state index is 12.9. The number of aromatic nitrogens is 1. The minimum absolute atomic E-state index is 0.0398. The molecule has 8 nitrogen and oxygen atoms in total. The smallest absolute Gasteiger partial charge is 0.238 e. The summed E-state index contributed by atoms with van der Waals surface area (Å²) in [6, 6.07) is 8.01. The van der Waals surface area contributed by atoms with Gasteiger partial charge in [0, 0.05) is 24.0 Å². The number of nitrogens with zero attached hydrogens (tertiary/aromatic N) is 1. The first-order valence-electron chi connectivity index (χ1n) is 9.97. The molecule has 1 fully saturated rings. The molecule has 0 aliphatic carbocycles. The number of rotatable bonds is 7. The second-order valence-electron chi connectivity index (χ2n) is 8.08. The molecule has 1 aromatic heterocycles. The Balaban J connectivity index is 1.69. The van der Waals surface area contributed by atoms with E-state index in [4.69, 9.17) is 5.73 Å². The van der Waals surface area contributed by atoms with Crippen LogP contribution in [0.4, 0.5) is 0 Å². The molecule has 0 saturated carbocycles.